The molecule has 3 nitrogen and oxygen atoms in total. The van der Waals surface area contributed by atoms with E-state index in [0.29, 0.717) is 5.56 Å². The van der Waals surface area contributed by atoms with E-state index in [2.05, 4.69) is 5.32 Å². The van der Waals surface area contributed by atoms with Crippen molar-refractivity contribution in [2.75, 3.05) is 0 Å². The summed E-state index contributed by atoms with van der Waals surface area (Å²) in [6.45, 7) is 3.43. The molecule has 114 valence electrons. The minimum atomic E-state index is -4.38. The van der Waals surface area contributed by atoms with Crippen LogP contribution in [-0.4, -0.2) is 11.9 Å². The second-order valence-corrected chi connectivity index (χ2v) is 4.56. The molecule has 1 aromatic carbocycles. The van der Waals surface area contributed by atoms with Crippen LogP contribution in [0.25, 0.3) is 0 Å². The predicted molar refractivity (Wildman–Crippen MR) is 73.4 cm³/mol. The lowest BCUT2D eigenvalue weighted by molar-refractivity contribution is -0.137. The molecule has 0 saturated heterocycles. The first-order chi connectivity index (χ1) is 8.71. The first kappa shape index (κ1) is 18.7. The summed E-state index contributed by atoms with van der Waals surface area (Å²) < 4.78 is 37.5. The monoisotopic (exact) mass is 310 g/mol. The highest BCUT2D eigenvalue weighted by atomic mass is 35.5. The van der Waals surface area contributed by atoms with Crippen molar-refractivity contribution in [1.29, 1.82) is 0 Å². The van der Waals surface area contributed by atoms with Gasteiger partial charge in [-0.3, -0.25) is 4.79 Å². The van der Waals surface area contributed by atoms with Crippen molar-refractivity contribution < 1.29 is 18.0 Å². The smallest absolute Gasteiger partial charge is 0.352 e. The summed E-state index contributed by atoms with van der Waals surface area (Å²) in [4.78, 5) is 11.6. The summed E-state index contributed by atoms with van der Waals surface area (Å²) in [7, 11) is 0. The van der Waals surface area contributed by atoms with Gasteiger partial charge in [-0.05, 0) is 24.6 Å². The maximum atomic E-state index is 12.5. The Morgan fingerprint density at radius 1 is 1.35 bits per heavy atom. The van der Waals surface area contributed by atoms with Crippen molar-refractivity contribution in [2.45, 2.75) is 32.6 Å². The molecule has 0 spiro atoms. The standard InChI is InChI=1S/C13H17F3N2O.ClH/c1-8(9(2)17)12(19)18-7-10-4-3-5-11(6-10)13(14,15)16;/h3-6,8-9H,7,17H2,1-2H3,(H,18,19);1H. The number of nitrogens with two attached hydrogens (primary N) is 1. The Hall–Kier alpha value is -1.27. The zero-order valence-corrected chi connectivity index (χ0v) is 12.0. The first-order valence-electron chi connectivity index (χ1n) is 5.91. The molecule has 2 unspecified atom stereocenters. The lowest BCUT2D eigenvalue weighted by atomic mass is 10.0. The number of hydrogen-bond acceptors (Lipinski definition) is 2. The quantitative estimate of drug-likeness (QED) is 0.898. The van der Waals surface area contributed by atoms with E-state index in [1.54, 1.807) is 13.8 Å². The lowest BCUT2D eigenvalue weighted by Crippen LogP contribution is -2.38. The van der Waals surface area contributed by atoms with E-state index in [0.717, 1.165) is 12.1 Å². The summed E-state index contributed by atoms with van der Waals surface area (Å²) in [6.07, 6.45) is -4.38. The highest BCUT2D eigenvalue weighted by molar-refractivity contribution is 5.85. The summed E-state index contributed by atoms with van der Waals surface area (Å²) in [5.74, 6) is -0.654. The Kier molecular flexibility index (Phi) is 7.02. The van der Waals surface area contributed by atoms with Crippen LogP contribution in [-0.2, 0) is 17.5 Å². The molecule has 0 aliphatic rings. The average molecular weight is 311 g/mol. The molecule has 0 fully saturated rings. The molecule has 1 aromatic rings. The lowest BCUT2D eigenvalue weighted by Gasteiger charge is -2.15. The number of benzene rings is 1. The number of hydrogen-bond donors (Lipinski definition) is 2. The van der Waals surface area contributed by atoms with E-state index in [4.69, 9.17) is 5.73 Å². The third-order valence-corrected chi connectivity index (χ3v) is 2.92. The highest BCUT2D eigenvalue weighted by Crippen LogP contribution is 2.29. The molecule has 1 amide bonds. The molecule has 7 heteroatoms. The fraction of sp³-hybridized carbons (Fsp3) is 0.462. The van der Waals surface area contributed by atoms with Crippen LogP contribution in [0.2, 0.25) is 0 Å². The van der Waals surface area contributed by atoms with Crippen LogP contribution < -0.4 is 11.1 Å². The number of alkyl halides is 3. The summed E-state index contributed by atoms with van der Waals surface area (Å²) in [5, 5.41) is 2.57. The van der Waals surface area contributed by atoms with Crippen LogP contribution in [0.5, 0.6) is 0 Å². The Morgan fingerprint density at radius 3 is 2.45 bits per heavy atom. The van der Waals surface area contributed by atoms with Crippen molar-refractivity contribution in [3.8, 4) is 0 Å². The van der Waals surface area contributed by atoms with Crippen LogP contribution in [0.4, 0.5) is 13.2 Å². The van der Waals surface area contributed by atoms with Crippen molar-refractivity contribution in [3.05, 3.63) is 35.4 Å². The molecule has 0 aliphatic heterocycles. The second-order valence-electron chi connectivity index (χ2n) is 4.56. The Labute approximate surface area is 122 Å². The number of nitrogens with one attached hydrogen (secondary N) is 1. The third-order valence-electron chi connectivity index (χ3n) is 2.92. The molecule has 0 heterocycles. The van der Waals surface area contributed by atoms with Crippen LogP contribution in [0.1, 0.15) is 25.0 Å². The van der Waals surface area contributed by atoms with Gasteiger partial charge in [-0.1, -0.05) is 19.1 Å². The summed E-state index contributed by atoms with van der Waals surface area (Å²) in [6, 6.07) is 4.57. The Balaban J connectivity index is 0.00000361. The van der Waals surface area contributed by atoms with Gasteiger partial charge in [0.2, 0.25) is 5.91 Å². The summed E-state index contributed by atoms with van der Waals surface area (Å²) >= 11 is 0. The van der Waals surface area contributed by atoms with Gasteiger partial charge in [0.15, 0.2) is 0 Å². The minimum Gasteiger partial charge on any atom is -0.352 e. The van der Waals surface area contributed by atoms with Crippen molar-refractivity contribution >= 4 is 18.3 Å². The summed E-state index contributed by atoms with van der Waals surface area (Å²) in [5.41, 5.74) is 5.26. The van der Waals surface area contributed by atoms with Gasteiger partial charge in [0.05, 0.1) is 5.56 Å². The number of rotatable bonds is 4. The van der Waals surface area contributed by atoms with Gasteiger partial charge < -0.3 is 11.1 Å². The molecule has 0 radical (unpaired) electrons. The average Bonchev–Trinajstić information content (AvgIpc) is 2.34. The van der Waals surface area contributed by atoms with E-state index >= 15 is 0 Å². The fourth-order valence-electron chi connectivity index (χ4n) is 1.45. The third kappa shape index (κ3) is 5.38. The van der Waals surface area contributed by atoms with Crippen molar-refractivity contribution in [3.63, 3.8) is 0 Å². The van der Waals surface area contributed by atoms with E-state index < -0.39 is 11.7 Å². The molecule has 0 aliphatic carbocycles. The zero-order chi connectivity index (χ0) is 14.6. The number of halogens is 4. The fourth-order valence-corrected chi connectivity index (χ4v) is 1.45. The second kappa shape index (κ2) is 7.50. The van der Waals surface area contributed by atoms with Gasteiger partial charge in [0.1, 0.15) is 0 Å². The van der Waals surface area contributed by atoms with Crippen molar-refractivity contribution in [2.24, 2.45) is 11.7 Å². The topological polar surface area (TPSA) is 55.1 Å². The number of carbonyl (C=O) groups is 1. The largest absolute Gasteiger partial charge is 0.416 e. The molecule has 2 atom stereocenters. The van der Waals surface area contributed by atoms with E-state index in [9.17, 15) is 18.0 Å². The van der Waals surface area contributed by atoms with Gasteiger partial charge in [-0.15, -0.1) is 12.4 Å². The highest BCUT2D eigenvalue weighted by Gasteiger charge is 2.30. The molecule has 3 N–H and O–H groups in total. The van der Waals surface area contributed by atoms with Gasteiger partial charge in [0, 0.05) is 18.5 Å². The van der Waals surface area contributed by atoms with Crippen LogP contribution >= 0.6 is 12.4 Å². The maximum Gasteiger partial charge on any atom is 0.416 e. The van der Waals surface area contributed by atoms with E-state index in [-0.39, 0.29) is 36.8 Å². The van der Waals surface area contributed by atoms with E-state index in [1.165, 1.54) is 12.1 Å². The predicted octanol–water partition coefficient (Wildman–Crippen LogP) is 2.73. The van der Waals surface area contributed by atoms with Gasteiger partial charge in [-0.25, -0.2) is 0 Å². The van der Waals surface area contributed by atoms with Gasteiger partial charge in [0.25, 0.3) is 0 Å². The molecular weight excluding hydrogens is 293 g/mol. The molecular formula is C13H18ClF3N2O. The molecule has 0 aromatic heterocycles. The van der Waals surface area contributed by atoms with Gasteiger partial charge >= 0.3 is 6.18 Å². The van der Waals surface area contributed by atoms with Crippen LogP contribution in [0.15, 0.2) is 24.3 Å². The van der Waals surface area contributed by atoms with Crippen molar-refractivity contribution in [1.82, 2.24) is 5.32 Å². The SMILES string of the molecule is CC(N)C(C)C(=O)NCc1cccc(C(F)(F)F)c1.Cl. The number of amides is 1. The van der Waals surface area contributed by atoms with Gasteiger partial charge in [-0.2, -0.15) is 13.2 Å². The maximum absolute atomic E-state index is 12.5. The van der Waals surface area contributed by atoms with Crippen LogP contribution in [0.3, 0.4) is 0 Å². The molecule has 0 bridgehead atoms. The minimum absolute atomic E-state index is 0. The zero-order valence-electron chi connectivity index (χ0n) is 11.2. The molecule has 20 heavy (non-hydrogen) atoms. The molecule has 0 saturated carbocycles. The normalized spacial score (nSPS) is 14.1. The van der Waals surface area contributed by atoms with Crippen LogP contribution in [0, 0.1) is 5.92 Å². The Morgan fingerprint density at radius 2 is 1.95 bits per heavy atom. The Bertz CT molecular complexity index is 449. The molecule has 1 rings (SSSR count). The number of carbonyl (C=O) groups excluding carboxylic acids is 1. The van der Waals surface area contributed by atoms with E-state index in [1.807, 2.05) is 0 Å². The first-order valence-corrected chi connectivity index (χ1v) is 5.91.